The summed E-state index contributed by atoms with van der Waals surface area (Å²) in [5.74, 6) is 0.218. The number of carbonyl (C=O) groups excluding carboxylic acids is 1. The number of nitrogens with zero attached hydrogens (tertiary/aromatic N) is 1. The molecule has 1 aromatic heterocycles. The number of hydrogen-bond acceptors (Lipinski definition) is 7. The third kappa shape index (κ3) is 5.18. The summed E-state index contributed by atoms with van der Waals surface area (Å²) in [5.41, 5.74) is -0.0520. The monoisotopic (exact) mass is 401 g/mol. The van der Waals surface area contributed by atoms with Crippen molar-refractivity contribution in [1.29, 1.82) is 0 Å². The lowest BCUT2D eigenvalue weighted by Crippen LogP contribution is -2.43. The van der Waals surface area contributed by atoms with Gasteiger partial charge < -0.3 is 14.4 Å². The highest BCUT2D eigenvalue weighted by molar-refractivity contribution is 7.93. The van der Waals surface area contributed by atoms with Crippen molar-refractivity contribution in [2.75, 3.05) is 25.6 Å². The number of aromatic nitrogens is 1. The lowest BCUT2D eigenvalue weighted by Gasteiger charge is -2.26. The predicted octanol–water partition coefficient (Wildman–Crippen LogP) is 2.07. The number of carbonyl (C=O) groups is 1. The van der Waals surface area contributed by atoms with Crippen LogP contribution in [0, 0.1) is 5.92 Å². The molecule has 1 saturated heterocycles. The summed E-state index contributed by atoms with van der Waals surface area (Å²) in [6.45, 7) is 7.77. The van der Waals surface area contributed by atoms with Crippen LogP contribution in [0.5, 0.6) is 0 Å². The van der Waals surface area contributed by atoms with E-state index in [-0.39, 0.29) is 18.8 Å². The minimum Gasteiger partial charge on any atom is -0.395 e. The molecule has 0 atom stereocenters. The van der Waals surface area contributed by atoms with Gasteiger partial charge >= 0.3 is 0 Å². The van der Waals surface area contributed by atoms with E-state index in [2.05, 4.69) is 5.16 Å². The Morgan fingerprint density at radius 3 is 2.48 bits per heavy atom. The molecule has 0 spiro atoms. The molecule has 0 bridgehead atoms. The van der Waals surface area contributed by atoms with Gasteiger partial charge in [-0.25, -0.2) is 8.42 Å². The van der Waals surface area contributed by atoms with Gasteiger partial charge in [-0.1, -0.05) is 19.0 Å². The van der Waals surface area contributed by atoms with E-state index in [0.717, 1.165) is 12.8 Å². The molecule has 0 aliphatic carbocycles. The molecule has 0 unspecified atom stereocenters. The van der Waals surface area contributed by atoms with Crippen LogP contribution in [-0.4, -0.2) is 54.8 Å². The number of Topliss-reactive ketones (excluding diaryl/α,β-unsaturated/α-hetero) is 1. The van der Waals surface area contributed by atoms with Gasteiger partial charge in [0.15, 0.2) is 15.6 Å². The van der Waals surface area contributed by atoms with Gasteiger partial charge in [0.1, 0.15) is 10.5 Å². The third-order valence-corrected chi connectivity index (χ3v) is 8.12. The van der Waals surface area contributed by atoms with Crippen molar-refractivity contribution < 1.29 is 27.6 Å². The first kappa shape index (κ1) is 22.0. The Morgan fingerprint density at radius 1 is 1.26 bits per heavy atom. The Labute approximate surface area is 161 Å². The van der Waals surface area contributed by atoms with E-state index in [1.807, 2.05) is 0 Å². The summed E-state index contributed by atoms with van der Waals surface area (Å²) < 4.78 is 34.6. The van der Waals surface area contributed by atoms with Crippen LogP contribution < -0.4 is 0 Å². The molecule has 0 amide bonds. The summed E-state index contributed by atoms with van der Waals surface area (Å²) in [7, 11) is -3.60. The molecule has 0 saturated carbocycles. The average molecular weight is 402 g/mol. The van der Waals surface area contributed by atoms with Crippen molar-refractivity contribution in [3.05, 3.63) is 17.5 Å². The second-order valence-corrected chi connectivity index (χ2v) is 11.2. The summed E-state index contributed by atoms with van der Waals surface area (Å²) in [4.78, 5) is 12.7. The minimum atomic E-state index is -3.60. The van der Waals surface area contributed by atoms with Crippen LogP contribution in [0.1, 0.15) is 58.4 Å². The fourth-order valence-electron chi connectivity index (χ4n) is 2.95. The highest BCUT2D eigenvalue weighted by Gasteiger charge is 2.41. The van der Waals surface area contributed by atoms with E-state index < -0.39 is 25.8 Å². The van der Waals surface area contributed by atoms with Gasteiger partial charge in [-0.15, -0.1) is 0 Å². The second-order valence-electron chi connectivity index (χ2n) is 8.49. The first-order chi connectivity index (χ1) is 12.5. The van der Waals surface area contributed by atoms with Crippen LogP contribution in [0.15, 0.2) is 10.6 Å². The van der Waals surface area contributed by atoms with E-state index >= 15 is 0 Å². The van der Waals surface area contributed by atoms with Crippen LogP contribution in [-0.2, 0) is 31.2 Å². The normalized spacial score (nSPS) is 17.2. The van der Waals surface area contributed by atoms with Crippen molar-refractivity contribution >= 4 is 15.6 Å². The minimum absolute atomic E-state index is 0.00436. The number of rotatable bonds is 9. The van der Waals surface area contributed by atoms with E-state index in [1.54, 1.807) is 19.9 Å². The fraction of sp³-hybridized carbons (Fsp3) is 0.789. The van der Waals surface area contributed by atoms with Crippen molar-refractivity contribution in [1.82, 2.24) is 5.16 Å². The van der Waals surface area contributed by atoms with Crippen LogP contribution >= 0.6 is 0 Å². The largest absolute Gasteiger partial charge is 0.395 e. The molecular weight excluding hydrogens is 370 g/mol. The number of aliphatic hydroxyl groups is 1. The highest BCUT2D eigenvalue weighted by Crippen LogP contribution is 2.27. The lowest BCUT2D eigenvalue weighted by molar-refractivity contribution is -0.120. The molecule has 1 N–H and O–H groups in total. The molecule has 154 valence electrons. The number of ether oxygens (including phenoxy) is 1. The number of hydrogen-bond donors (Lipinski definition) is 1. The number of sulfone groups is 1. The summed E-state index contributed by atoms with van der Waals surface area (Å²) in [6.07, 6.45) is 2.15. The molecule has 2 rings (SSSR count). The molecule has 0 radical (unpaired) electrons. The Bertz CT molecular complexity index is 744. The van der Waals surface area contributed by atoms with Crippen LogP contribution in [0.25, 0.3) is 0 Å². The predicted molar refractivity (Wildman–Crippen MR) is 101 cm³/mol. The summed E-state index contributed by atoms with van der Waals surface area (Å²) in [6, 6.07) is 1.61. The van der Waals surface area contributed by atoms with Crippen LogP contribution in [0.2, 0.25) is 0 Å². The highest BCUT2D eigenvalue weighted by atomic mass is 32.2. The lowest BCUT2D eigenvalue weighted by atomic mass is 9.90. The molecule has 8 heteroatoms. The zero-order chi connectivity index (χ0) is 20.3. The SMILES string of the molecule is CC(C)(CO)c1cc(CC(=O)C(C)(C)S(=O)(=O)CCC2CCOCC2)on1. The first-order valence-corrected chi connectivity index (χ1v) is 11.0. The van der Waals surface area contributed by atoms with Gasteiger partial charge in [0.2, 0.25) is 0 Å². The maximum atomic E-state index is 12.8. The summed E-state index contributed by atoms with van der Waals surface area (Å²) in [5, 5.41) is 13.3. The number of aliphatic hydroxyl groups excluding tert-OH is 1. The zero-order valence-electron chi connectivity index (χ0n) is 16.7. The molecule has 27 heavy (non-hydrogen) atoms. The third-order valence-electron chi connectivity index (χ3n) is 5.57. The van der Waals surface area contributed by atoms with E-state index in [0.29, 0.717) is 37.0 Å². The smallest absolute Gasteiger partial charge is 0.162 e. The molecule has 0 aromatic carbocycles. The van der Waals surface area contributed by atoms with Gasteiger partial charge in [-0.3, -0.25) is 4.79 Å². The van der Waals surface area contributed by atoms with Crippen molar-refractivity contribution in [3.63, 3.8) is 0 Å². The van der Waals surface area contributed by atoms with Crippen molar-refractivity contribution in [2.24, 2.45) is 5.92 Å². The Kier molecular flexibility index (Phi) is 6.86. The van der Waals surface area contributed by atoms with Crippen LogP contribution in [0.3, 0.4) is 0 Å². The average Bonchev–Trinajstić information content (AvgIpc) is 3.10. The van der Waals surface area contributed by atoms with Gasteiger partial charge in [0.05, 0.1) is 24.5 Å². The molecular formula is C19H31NO6S. The van der Waals surface area contributed by atoms with Crippen molar-refractivity contribution in [3.8, 4) is 0 Å². The van der Waals surface area contributed by atoms with E-state index in [4.69, 9.17) is 9.26 Å². The quantitative estimate of drug-likeness (QED) is 0.675. The van der Waals surface area contributed by atoms with E-state index in [9.17, 15) is 18.3 Å². The fourth-order valence-corrected chi connectivity index (χ4v) is 4.53. The maximum Gasteiger partial charge on any atom is 0.162 e. The standard InChI is InChI=1S/C19H31NO6S/c1-18(2,13-21)16-11-15(26-20-16)12-17(22)19(3,4)27(23,24)10-7-14-5-8-25-9-6-14/h11,14,21H,5-10,12-13H2,1-4H3. The molecule has 1 aliphatic heterocycles. The molecule has 1 aliphatic rings. The zero-order valence-corrected chi connectivity index (χ0v) is 17.5. The van der Waals surface area contributed by atoms with Gasteiger partial charge in [0, 0.05) is 24.7 Å². The molecule has 2 heterocycles. The van der Waals surface area contributed by atoms with Gasteiger partial charge in [-0.2, -0.15) is 0 Å². The topological polar surface area (TPSA) is 107 Å². The molecule has 1 aromatic rings. The Hall–Kier alpha value is -1.25. The van der Waals surface area contributed by atoms with Crippen LogP contribution in [0.4, 0.5) is 0 Å². The van der Waals surface area contributed by atoms with E-state index in [1.165, 1.54) is 13.8 Å². The Morgan fingerprint density at radius 2 is 1.89 bits per heavy atom. The number of ketones is 1. The van der Waals surface area contributed by atoms with Gasteiger partial charge in [0.25, 0.3) is 0 Å². The van der Waals surface area contributed by atoms with Crippen molar-refractivity contribution in [2.45, 2.75) is 63.5 Å². The van der Waals surface area contributed by atoms with Gasteiger partial charge in [-0.05, 0) is 39.0 Å². The second kappa shape index (κ2) is 8.41. The first-order valence-electron chi connectivity index (χ1n) is 9.40. The summed E-state index contributed by atoms with van der Waals surface area (Å²) >= 11 is 0. The Balaban J connectivity index is 2.02. The maximum absolute atomic E-state index is 12.8. The molecule has 1 fully saturated rings. The molecule has 7 nitrogen and oxygen atoms in total.